The molecule has 24 heteroatoms. The Hall–Kier alpha value is -5.18. The maximum Gasteiger partial charge on any atom is 0.435 e. The van der Waals surface area contributed by atoms with Crippen LogP contribution in [0.5, 0.6) is 0 Å². The number of hydrogen-bond donors (Lipinski definition) is 3. The zero-order valence-electron chi connectivity index (χ0n) is 35.4. The molecule has 11 nitrogen and oxygen atoms in total. The first-order valence-electron chi connectivity index (χ1n) is 19.7. The predicted octanol–water partition coefficient (Wildman–Crippen LogP) is 9.79. The number of nitrogens with zero attached hydrogens (tertiary/aromatic N) is 6. The van der Waals surface area contributed by atoms with Crippen LogP contribution in [0.15, 0.2) is 42.5 Å². The standard InChI is InChI=1S/C42H39ClF10N8O3S2/c1-21-18-40(46,47)36-31(21)35(42(51,52)53)57-59(36)19-30(63)56-29(16-22-14-23(44)17-24(45)15-22)33-26(7-6-25(55-33)10-11-39(2,3)65-4)27-8-9-28(43)32-34(27)60(20-41(48,49)50)58-37(32)61(66-5)38(64)54-12-13-62/h6-9,14-15,17,21,29,62H,12-13,16,18-20H2,1-5H3,(H,54,64)(H,56,63)/t21-,29?/m0/s1. The minimum absolute atomic E-state index is 0.0256. The molecule has 0 bridgehead atoms. The average molecular weight is 993 g/mol. The molecule has 3 amide bonds. The number of hydrogen-bond acceptors (Lipinski definition) is 8. The van der Waals surface area contributed by atoms with Crippen molar-refractivity contribution in [2.75, 3.05) is 30.0 Å². The molecule has 0 aliphatic heterocycles. The summed E-state index contributed by atoms with van der Waals surface area (Å²) in [4.78, 5) is 32.0. The molecule has 0 spiro atoms. The fourth-order valence-corrected chi connectivity index (χ4v) is 8.42. The van der Waals surface area contributed by atoms with Gasteiger partial charge in [0.2, 0.25) is 5.91 Å². The van der Waals surface area contributed by atoms with Crippen molar-refractivity contribution in [1.82, 2.24) is 35.2 Å². The van der Waals surface area contributed by atoms with Crippen molar-refractivity contribution in [3.8, 4) is 23.0 Å². The minimum atomic E-state index is -5.17. The molecule has 1 aliphatic carbocycles. The van der Waals surface area contributed by atoms with Gasteiger partial charge in [-0.05, 0) is 86.2 Å². The van der Waals surface area contributed by atoms with Gasteiger partial charge in [0.1, 0.15) is 36.1 Å². The highest BCUT2D eigenvalue weighted by Gasteiger charge is 2.53. The Labute approximate surface area is 384 Å². The van der Waals surface area contributed by atoms with E-state index < -0.39 is 108 Å². The lowest BCUT2D eigenvalue weighted by Gasteiger charge is -2.23. The number of alkyl halides is 8. The van der Waals surface area contributed by atoms with Gasteiger partial charge in [-0.1, -0.05) is 30.5 Å². The van der Waals surface area contributed by atoms with E-state index in [4.69, 9.17) is 16.6 Å². The number of fused-ring (bicyclic) bond motifs is 2. The summed E-state index contributed by atoms with van der Waals surface area (Å²) in [5.41, 5.74) is -4.23. The number of aromatic nitrogens is 5. The van der Waals surface area contributed by atoms with Gasteiger partial charge in [-0.25, -0.2) is 22.9 Å². The minimum Gasteiger partial charge on any atom is -0.395 e. The number of nitrogens with one attached hydrogen (secondary N) is 2. The molecule has 6 rings (SSSR count). The molecule has 0 saturated carbocycles. The number of benzene rings is 2. The third-order valence-corrected chi connectivity index (χ3v) is 12.4. The molecule has 354 valence electrons. The van der Waals surface area contributed by atoms with Gasteiger partial charge in [-0.2, -0.15) is 45.3 Å². The molecule has 1 aliphatic rings. The lowest BCUT2D eigenvalue weighted by atomic mass is 9.93. The van der Waals surface area contributed by atoms with E-state index in [1.807, 2.05) is 0 Å². The van der Waals surface area contributed by atoms with Gasteiger partial charge in [-0.15, -0.1) is 11.8 Å². The first kappa shape index (κ1) is 50.2. The molecule has 0 radical (unpaired) electrons. The second-order valence-corrected chi connectivity index (χ2v) is 18.2. The van der Waals surface area contributed by atoms with Crippen molar-refractivity contribution >= 4 is 64.0 Å². The summed E-state index contributed by atoms with van der Waals surface area (Å²) >= 11 is 8.81. The Morgan fingerprint density at radius 2 is 1.68 bits per heavy atom. The highest BCUT2D eigenvalue weighted by atomic mass is 35.5. The number of thioether (sulfide) groups is 1. The van der Waals surface area contributed by atoms with Crippen molar-refractivity contribution in [3.05, 3.63) is 93.0 Å². The van der Waals surface area contributed by atoms with Gasteiger partial charge in [-0.3, -0.25) is 14.2 Å². The first-order valence-corrected chi connectivity index (χ1v) is 22.4. The van der Waals surface area contributed by atoms with Gasteiger partial charge in [0.15, 0.2) is 11.5 Å². The van der Waals surface area contributed by atoms with Crippen LogP contribution in [0.25, 0.3) is 22.0 Å². The molecule has 66 heavy (non-hydrogen) atoms. The number of carbonyl (C=O) groups excluding carboxylic acids is 2. The normalized spacial score (nSPS) is 15.3. The van der Waals surface area contributed by atoms with E-state index in [1.54, 1.807) is 20.1 Å². The average Bonchev–Trinajstić information content (AvgIpc) is 3.86. The summed E-state index contributed by atoms with van der Waals surface area (Å²) in [6.07, 6.45) is -8.40. The van der Waals surface area contributed by atoms with E-state index in [1.165, 1.54) is 49.2 Å². The molecule has 0 fully saturated rings. The molecule has 3 aromatic heterocycles. The molecule has 0 saturated heterocycles. The number of rotatable bonds is 13. The van der Waals surface area contributed by atoms with Crippen molar-refractivity contribution in [2.24, 2.45) is 0 Å². The van der Waals surface area contributed by atoms with Crippen LogP contribution in [-0.2, 0) is 36.4 Å². The number of anilines is 1. The number of aliphatic hydroxyl groups is 1. The van der Waals surface area contributed by atoms with Crippen LogP contribution in [-0.4, -0.2) is 78.2 Å². The Kier molecular flexibility index (Phi) is 14.6. The quantitative estimate of drug-likeness (QED) is 0.0605. The molecular weight excluding hydrogens is 954 g/mol. The number of aliphatic hydroxyl groups excluding tert-OH is 1. The van der Waals surface area contributed by atoms with Crippen LogP contribution in [0.1, 0.15) is 73.1 Å². The number of halogens is 11. The van der Waals surface area contributed by atoms with Gasteiger partial charge in [0.05, 0.1) is 39.0 Å². The second-order valence-electron chi connectivity index (χ2n) is 15.6. The van der Waals surface area contributed by atoms with Crippen LogP contribution >= 0.6 is 35.3 Å². The first-order chi connectivity index (χ1) is 30.8. The Bertz CT molecular complexity index is 2710. The predicted molar refractivity (Wildman–Crippen MR) is 230 cm³/mol. The van der Waals surface area contributed by atoms with E-state index in [2.05, 4.69) is 32.7 Å². The molecule has 3 heterocycles. The summed E-state index contributed by atoms with van der Waals surface area (Å²) in [5, 5.41) is 21.5. The monoisotopic (exact) mass is 992 g/mol. The summed E-state index contributed by atoms with van der Waals surface area (Å²) in [6.45, 7) is 1.12. The van der Waals surface area contributed by atoms with Gasteiger partial charge in [0, 0.05) is 42.0 Å². The summed E-state index contributed by atoms with van der Waals surface area (Å²) in [5.74, 6) is -2.82. The van der Waals surface area contributed by atoms with E-state index in [0.29, 0.717) is 10.7 Å². The van der Waals surface area contributed by atoms with Crippen LogP contribution in [0, 0.1) is 23.5 Å². The van der Waals surface area contributed by atoms with Crippen molar-refractivity contribution < 1.29 is 58.6 Å². The van der Waals surface area contributed by atoms with Crippen molar-refractivity contribution in [3.63, 3.8) is 0 Å². The summed E-state index contributed by atoms with van der Waals surface area (Å²) in [6, 6.07) is 5.31. The van der Waals surface area contributed by atoms with Crippen molar-refractivity contribution in [2.45, 2.75) is 81.7 Å². The van der Waals surface area contributed by atoms with Crippen molar-refractivity contribution in [1.29, 1.82) is 0 Å². The molecule has 5 aromatic rings. The SMILES string of the molecule is CSN(C(=O)NCCO)c1nn(CC(F)(F)F)c2c(-c3ccc(C#CC(C)(C)SC)nc3C(Cc3cc(F)cc(F)c3)NC(=O)Cn3nc(C(F)(F)F)c4c3C(F)(F)C[C@@H]4C)ccc(Cl)c12. The lowest BCUT2D eigenvalue weighted by molar-refractivity contribution is -0.143. The Morgan fingerprint density at radius 3 is 2.29 bits per heavy atom. The second kappa shape index (κ2) is 19.2. The van der Waals surface area contributed by atoms with Gasteiger partial charge >= 0.3 is 18.4 Å². The van der Waals surface area contributed by atoms with E-state index >= 15 is 8.78 Å². The van der Waals surface area contributed by atoms with Crippen LogP contribution in [0.4, 0.5) is 54.5 Å². The zero-order chi connectivity index (χ0) is 48.7. The number of urea groups is 1. The van der Waals surface area contributed by atoms with E-state index in [-0.39, 0.29) is 61.0 Å². The number of pyridine rings is 1. The largest absolute Gasteiger partial charge is 0.435 e. The number of carbonyl (C=O) groups is 2. The molecule has 3 N–H and O–H groups in total. The maximum atomic E-state index is 15.3. The lowest BCUT2D eigenvalue weighted by Crippen LogP contribution is -2.37. The Balaban J connectivity index is 1.61. The fourth-order valence-electron chi connectivity index (χ4n) is 7.50. The summed E-state index contributed by atoms with van der Waals surface area (Å²) < 4.78 is 147. The van der Waals surface area contributed by atoms with E-state index in [9.17, 15) is 49.8 Å². The molecule has 2 atom stereocenters. The highest BCUT2D eigenvalue weighted by molar-refractivity contribution is 8.00. The van der Waals surface area contributed by atoms with Crippen LogP contribution < -0.4 is 14.9 Å². The Morgan fingerprint density at radius 1 is 1.02 bits per heavy atom. The van der Waals surface area contributed by atoms with E-state index in [0.717, 1.165) is 28.4 Å². The summed E-state index contributed by atoms with van der Waals surface area (Å²) in [7, 11) is 0. The zero-order valence-corrected chi connectivity index (χ0v) is 37.7. The highest BCUT2D eigenvalue weighted by Crippen LogP contribution is 2.52. The van der Waals surface area contributed by atoms with Gasteiger partial charge < -0.3 is 15.7 Å². The number of amides is 3. The third-order valence-electron chi connectivity index (χ3n) is 10.3. The van der Waals surface area contributed by atoms with Gasteiger partial charge in [0.25, 0.3) is 5.92 Å². The molecule has 1 unspecified atom stereocenters. The molecular formula is C42H39ClF10N8O3S2. The molecule has 2 aromatic carbocycles. The third kappa shape index (κ3) is 11.0. The smallest absolute Gasteiger partial charge is 0.395 e. The fraction of sp³-hybridized carbons (Fsp3) is 0.405. The topological polar surface area (TPSA) is 130 Å². The maximum absolute atomic E-state index is 15.3. The van der Waals surface area contributed by atoms with Crippen LogP contribution in [0.2, 0.25) is 5.02 Å². The van der Waals surface area contributed by atoms with Crippen LogP contribution in [0.3, 0.4) is 0 Å².